The highest BCUT2D eigenvalue weighted by atomic mass is 19.4. The lowest BCUT2D eigenvalue weighted by atomic mass is 9.74. The van der Waals surface area contributed by atoms with Crippen LogP contribution in [-0.2, 0) is 10.9 Å². The summed E-state index contributed by atoms with van der Waals surface area (Å²) in [4.78, 5) is 16.5. The third-order valence-corrected chi connectivity index (χ3v) is 7.00. The van der Waals surface area contributed by atoms with Crippen molar-refractivity contribution in [3.63, 3.8) is 0 Å². The van der Waals surface area contributed by atoms with E-state index in [1.807, 2.05) is 23.6 Å². The molecule has 3 aliphatic rings. The van der Waals surface area contributed by atoms with Gasteiger partial charge in [-0.3, -0.25) is 0 Å². The second-order valence-corrected chi connectivity index (χ2v) is 10.1. The molecule has 0 bridgehead atoms. The van der Waals surface area contributed by atoms with Crippen LogP contribution in [0.4, 0.5) is 23.7 Å². The van der Waals surface area contributed by atoms with E-state index in [-0.39, 0.29) is 29.0 Å². The van der Waals surface area contributed by atoms with Gasteiger partial charge in [0.25, 0.3) is 0 Å². The molecule has 4 rings (SSSR count). The van der Waals surface area contributed by atoms with Gasteiger partial charge in [-0.2, -0.15) is 18.4 Å². The van der Waals surface area contributed by atoms with Crippen molar-refractivity contribution in [1.82, 2.24) is 10.2 Å². The summed E-state index contributed by atoms with van der Waals surface area (Å²) in [5.41, 5.74) is -1.17. The molecule has 1 N–H and O–H groups in total. The highest BCUT2D eigenvalue weighted by Crippen LogP contribution is 2.45. The summed E-state index contributed by atoms with van der Waals surface area (Å²) in [5.74, 6) is 0.818. The number of carbonyl (C=O) groups is 1. The molecule has 1 aromatic carbocycles. The standard InChI is InChI=1S/C24H31F3N4O2/c1-16(2)29-22(32)30-8-7-19-11-31(14-23(19,13-30)15-33-12-17-3-4-17)20-6-5-18(10-28)21(9-20)24(25,26)27/h5-6,9,16-17,19H,3-4,7-8,11-15H2,1-2H3,(H,29,32). The molecule has 2 unspecified atom stereocenters. The first-order chi connectivity index (χ1) is 15.6. The van der Waals surface area contributed by atoms with Gasteiger partial charge in [0.1, 0.15) is 0 Å². The summed E-state index contributed by atoms with van der Waals surface area (Å²) in [5, 5.41) is 12.1. The van der Waals surface area contributed by atoms with E-state index in [0.29, 0.717) is 51.0 Å². The molecule has 3 fully saturated rings. The van der Waals surface area contributed by atoms with Crippen molar-refractivity contribution in [3.05, 3.63) is 29.3 Å². The number of rotatable bonds is 6. The first-order valence-corrected chi connectivity index (χ1v) is 11.6. The number of urea groups is 1. The molecule has 0 aromatic heterocycles. The van der Waals surface area contributed by atoms with Crippen molar-refractivity contribution in [1.29, 1.82) is 5.26 Å². The Labute approximate surface area is 192 Å². The Kier molecular flexibility index (Phi) is 6.50. The number of nitrogens with zero attached hydrogens (tertiary/aromatic N) is 3. The molecule has 6 nitrogen and oxygen atoms in total. The third kappa shape index (κ3) is 5.21. The Balaban J connectivity index is 1.57. The van der Waals surface area contributed by atoms with Crippen LogP contribution in [0.25, 0.3) is 0 Å². The molecule has 180 valence electrons. The number of benzene rings is 1. The van der Waals surface area contributed by atoms with Gasteiger partial charge in [-0.1, -0.05) is 0 Å². The molecule has 1 saturated carbocycles. The summed E-state index contributed by atoms with van der Waals surface area (Å²) >= 11 is 0. The minimum absolute atomic E-state index is 0.0248. The van der Waals surface area contributed by atoms with Gasteiger partial charge in [-0.25, -0.2) is 4.79 Å². The van der Waals surface area contributed by atoms with Gasteiger partial charge in [0.05, 0.1) is 23.8 Å². The molecule has 9 heteroatoms. The van der Waals surface area contributed by atoms with E-state index in [0.717, 1.165) is 12.5 Å². The zero-order chi connectivity index (χ0) is 23.8. The molecule has 2 saturated heterocycles. The minimum atomic E-state index is -4.59. The normalized spacial score (nSPS) is 25.2. The smallest absolute Gasteiger partial charge is 0.380 e. The number of hydrogen-bond acceptors (Lipinski definition) is 4. The molecule has 2 atom stereocenters. The van der Waals surface area contributed by atoms with Crippen molar-refractivity contribution >= 4 is 11.7 Å². The predicted molar refractivity (Wildman–Crippen MR) is 118 cm³/mol. The van der Waals surface area contributed by atoms with Crippen molar-refractivity contribution in [2.45, 2.75) is 45.3 Å². The molecule has 33 heavy (non-hydrogen) atoms. The highest BCUT2D eigenvalue weighted by molar-refractivity contribution is 5.74. The van der Waals surface area contributed by atoms with Gasteiger partial charge >= 0.3 is 12.2 Å². The number of fused-ring (bicyclic) bond motifs is 1. The molecule has 2 heterocycles. The number of ether oxygens (including phenoxy) is 1. The maximum Gasteiger partial charge on any atom is 0.417 e. The molecule has 1 aliphatic carbocycles. The Morgan fingerprint density at radius 2 is 2.06 bits per heavy atom. The number of anilines is 1. The number of likely N-dealkylation sites (tertiary alicyclic amines) is 1. The van der Waals surface area contributed by atoms with E-state index in [1.54, 1.807) is 12.1 Å². The van der Waals surface area contributed by atoms with Gasteiger partial charge in [0, 0.05) is 49.9 Å². The Bertz CT molecular complexity index is 925. The Hall–Kier alpha value is -2.47. The van der Waals surface area contributed by atoms with E-state index in [9.17, 15) is 18.0 Å². The molecule has 2 amide bonds. The van der Waals surface area contributed by atoms with Crippen molar-refractivity contribution in [2.24, 2.45) is 17.3 Å². The highest BCUT2D eigenvalue weighted by Gasteiger charge is 2.51. The fraction of sp³-hybridized carbons (Fsp3) is 0.667. The lowest BCUT2D eigenvalue weighted by Crippen LogP contribution is -2.56. The van der Waals surface area contributed by atoms with E-state index in [4.69, 9.17) is 10.00 Å². The lowest BCUT2D eigenvalue weighted by Gasteiger charge is -2.44. The molecule has 1 aromatic rings. The van der Waals surface area contributed by atoms with Crippen molar-refractivity contribution in [3.8, 4) is 6.07 Å². The summed E-state index contributed by atoms with van der Waals surface area (Å²) in [6.07, 6.45) is -1.46. The number of nitrogens with one attached hydrogen (secondary N) is 1. The minimum Gasteiger partial charge on any atom is -0.380 e. The van der Waals surface area contributed by atoms with E-state index < -0.39 is 11.7 Å². The average Bonchev–Trinajstić information content (AvgIpc) is 3.49. The van der Waals surface area contributed by atoms with Gasteiger partial charge in [-0.05, 0) is 63.1 Å². The van der Waals surface area contributed by atoms with Crippen LogP contribution in [0.2, 0.25) is 0 Å². The second kappa shape index (κ2) is 9.05. The molecular weight excluding hydrogens is 433 g/mol. The maximum atomic E-state index is 13.5. The topological polar surface area (TPSA) is 68.6 Å². The fourth-order valence-corrected chi connectivity index (χ4v) is 5.07. The zero-order valence-corrected chi connectivity index (χ0v) is 19.1. The first kappa shape index (κ1) is 23.7. The molecule has 0 radical (unpaired) electrons. The summed E-state index contributed by atoms with van der Waals surface area (Å²) < 4.78 is 46.7. The average molecular weight is 465 g/mol. The zero-order valence-electron chi connectivity index (χ0n) is 19.1. The van der Waals surface area contributed by atoms with Crippen LogP contribution in [0, 0.1) is 28.6 Å². The van der Waals surface area contributed by atoms with Crippen LogP contribution < -0.4 is 10.2 Å². The predicted octanol–water partition coefficient (Wildman–Crippen LogP) is 4.25. The van der Waals surface area contributed by atoms with E-state index >= 15 is 0 Å². The van der Waals surface area contributed by atoms with Gasteiger partial charge in [-0.15, -0.1) is 0 Å². The van der Waals surface area contributed by atoms with Gasteiger partial charge < -0.3 is 19.9 Å². The lowest BCUT2D eigenvalue weighted by molar-refractivity contribution is -0.137. The number of hydrogen-bond donors (Lipinski definition) is 1. The van der Waals surface area contributed by atoms with Crippen LogP contribution in [0.5, 0.6) is 0 Å². The number of amides is 2. The van der Waals surface area contributed by atoms with Crippen molar-refractivity contribution < 1.29 is 22.7 Å². The van der Waals surface area contributed by atoms with E-state index in [1.165, 1.54) is 18.9 Å². The largest absolute Gasteiger partial charge is 0.417 e. The van der Waals surface area contributed by atoms with Gasteiger partial charge in [0.2, 0.25) is 0 Å². The van der Waals surface area contributed by atoms with Crippen LogP contribution in [0.1, 0.15) is 44.2 Å². The third-order valence-electron chi connectivity index (χ3n) is 7.00. The summed E-state index contributed by atoms with van der Waals surface area (Å²) in [6.45, 7) is 7.26. The SMILES string of the molecule is CC(C)NC(=O)N1CCC2CN(c3ccc(C#N)c(C(F)(F)F)c3)CC2(COCC2CC2)C1. The van der Waals surface area contributed by atoms with Crippen LogP contribution >= 0.6 is 0 Å². The van der Waals surface area contributed by atoms with Crippen LogP contribution in [0.3, 0.4) is 0 Å². The quantitative estimate of drug-likeness (QED) is 0.684. The fourth-order valence-electron chi connectivity index (χ4n) is 5.07. The second-order valence-electron chi connectivity index (χ2n) is 10.1. The summed E-state index contributed by atoms with van der Waals surface area (Å²) in [6, 6.07) is 5.48. The molecular formula is C24H31F3N4O2. The first-order valence-electron chi connectivity index (χ1n) is 11.6. The monoisotopic (exact) mass is 464 g/mol. The van der Waals surface area contributed by atoms with E-state index in [2.05, 4.69) is 5.32 Å². The number of halogens is 3. The number of alkyl halides is 3. The Morgan fingerprint density at radius 1 is 1.30 bits per heavy atom. The van der Waals surface area contributed by atoms with Crippen LogP contribution in [0.15, 0.2) is 18.2 Å². The number of piperidine rings is 1. The Morgan fingerprint density at radius 3 is 2.70 bits per heavy atom. The maximum absolute atomic E-state index is 13.5. The van der Waals surface area contributed by atoms with Gasteiger partial charge in [0.15, 0.2) is 0 Å². The van der Waals surface area contributed by atoms with Crippen molar-refractivity contribution in [2.75, 3.05) is 44.3 Å². The van der Waals surface area contributed by atoms with Crippen LogP contribution in [-0.4, -0.2) is 56.4 Å². The summed E-state index contributed by atoms with van der Waals surface area (Å²) in [7, 11) is 0. The number of nitriles is 1. The molecule has 2 aliphatic heterocycles. The number of carbonyl (C=O) groups excluding carboxylic acids is 1. The molecule has 0 spiro atoms.